The molecule has 0 aliphatic carbocycles. The molecule has 0 saturated heterocycles. The molecule has 2 nitrogen and oxygen atoms in total. The average Bonchev–Trinajstić information content (AvgIpc) is 2.07. The van der Waals surface area contributed by atoms with Gasteiger partial charge in [-0.1, -0.05) is 28.1 Å². The largest absolute Gasteiger partial charge is 0.300 e. The van der Waals surface area contributed by atoms with Gasteiger partial charge in [-0.25, -0.2) is 5.90 Å². The number of aryl methyl sites for hydroxylation is 1. The Morgan fingerprint density at radius 2 is 2.08 bits per heavy atom. The molecule has 0 atom stereocenters. The molecule has 12 heavy (non-hydrogen) atoms. The second kappa shape index (κ2) is 4.03. The third-order valence-corrected chi connectivity index (χ3v) is 3.15. The Morgan fingerprint density at radius 3 is 2.67 bits per heavy atom. The summed E-state index contributed by atoms with van der Waals surface area (Å²) in [5, 5.41) is 0. The molecular weight excluding hydrogens is 218 g/mol. The van der Waals surface area contributed by atoms with Gasteiger partial charge in [-0.3, -0.25) is 4.84 Å². The average molecular weight is 230 g/mol. The van der Waals surface area contributed by atoms with Crippen LogP contribution in [-0.4, -0.2) is 0 Å². The van der Waals surface area contributed by atoms with E-state index in [-0.39, 0.29) is 0 Å². The SMILES string of the molecule is Cc1ccc(CON)c(C)c1Br. The first kappa shape index (κ1) is 9.71. The summed E-state index contributed by atoms with van der Waals surface area (Å²) in [6, 6.07) is 4.08. The number of hydrogen-bond acceptors (Lipinski definition) is 2. The summed E-state index contributed by atoms with van der Waals surface area (Å²) in [6.07, 6.45) is 0. The molecule has 1 aromatic carbocycles. The Balaban J connectivity index is 3.08. The van der Waals surface area contributed by atoms with Crippen LogP contribution in [-0.2, 0) is 11.4 Å². The minimum atomic E-state index is 0.463. The van der Waals surface area contributed by atoms with Crippen LogP contribution in [0.15, 0.2) is 16.6 Å². The van der Waals surface area contributed by atoms with Crippen LogP contribution in [0, 0.1) is 13.8 Å². The molecule has 0 fully saturated rings. The molecule has 2 N–H and O–H groups in total. The van der Waals surface area contributed by atoms with E-state index in [1.54, 1.807) is 0 Å². The minimum absolute atomic E-state index is 0.463. The van der Waals surface area contributed by atoms with Crippen LogP contribution >= 0.6 is 15.9 Å². The van der Waals surface area contributed by atoms with Gasteiger partial charge in [0.15, 0.2) is 0 Å². The zero-order chi connectivity index (χ0) is 9.14. The maximum atomic E-state index is 5.00. The molecule has 0 heterocycles. The maximum Gasteiger partial charge on any atom is 0.0933 e. The van der Waals surface area contributed by atoms with Gasteiger partial charge in [0.2, 0.25) is 0 Å². The molecular formula is C9H12BrNO. The van der Waals surface area contributed by atoms with Gasteiger partial charge in [-0.2, -0.15) is 0 Å². The molecule has 0 aromatic heterocycles. The monoisotopic (exact) mass is 229 g/mol. The van der Waals surface area contributed by atoms with Gasteiger partial charge < -0.3 is 0 Å². The molecule has 0 saturated carbocycles. The maximum absolute atomic E-state index is 5.00. The number of nitrogens with two attached hydrogens (primary N) is 1. The lowest BCUT2D eigenvalue weighted by Gasteiger charge is -2.08. The fraction of sp³-hybridized carbons (Fsp3) is 0.333. The van der Waals surface area contributed by atoms with Crippen LogP contribution < -0.4 is 5.90 Å². The molecule has 0 radical (unpaired) electrons. The van der Waals surface area contributed by atoms with Crippen molar-refractivity contribution in [2.24, 2.45) is 5.90 Å². The molecule has 0 aliphatic rings. The number of hydrogen-bond donors (Lipinski definition) is 1. The zero-order valence-corrected chi connectivity index (χ0v) is 8.81. The van der Waals surface area contributed by atoms with Crippen molar-refractivity contribution in [1.82, 2.24) is 0 Å². The van der Waals surface area contributed by atoms with Crippen LogP contribution in [0.1, 0.15) is 16.7 Å². The third kappa shape index (κ3) is 1.86. The van der Waals surface area contributed by atoms with Crippen LogP contribution in [0.5, 0.6) is 0 Å². The smallest absolute Gasteiger partial charge is 0.0933 e. The molecule has 0 aliphatic heterocycles. The van der Waals surface area contributed by atoms with Crippen molar-refractivity contribution in [3.8, 4) is 0 Å². The van der Waals surface area contributed by atoms with Crippen molar-refractivity contribution in [3.05, 3.63) is 33.3 Å². The Morgan fingerprint density at radius 1 is 1.42 bits per heavy atom. The van der Waals surface area contributed by atoms with Crippen LogP contribution in [0.2, 0.25) is 0 Å². The highest BCUT2D eigenvalue weighted by atomic mass is 79.9. The van der Waals surface area contributed by atoms with Crippen molar-refractivity contribution < 1.29 is 4.84 Å². The van der Waals surface area contributed by atoms with Crippen molar-refractivity contribution in [2.75, 3.05) is 0 Å². The number of rotatable bonds is 2. The van der Waals surface area contributed by atoms with Gasteiger partial charge in [-0.15, -0.1) is 0 Å². The summed E-state index contributed by atoms with van der Waals surface area (Å²) in [5.74, 6) is 5.00. The Kier molecular flexibility index (Phi) is 3.26. The standard InChI is InChI=1S/C9H12BrNO/c1-6-3-4-8(5-12-11)7(2)9(6)10/h3-4H,5,11H2,1-2H3. The number of halogens is 1. The first-order valence-electron chi connectivity index (χ1n) is 3.73. The molecule has 1 aromatic rings. The fourth-order valence-electron chi connectivity index (χ4n) is 1.11. The predicted octanol–water partition coefficient (Wildman–Crippen LogP) is 2.46. The van der Waals surface area contributed by atoms with Gasteiger partial charge in [0.05, 0.1) is 6.61 Å². The lowest BCUT2D eigenvalue weighted by molar-refractivity contribution is 0.123. The molecule has 3 heteroatoms. The molecule has 66 valence electrons. The Bertz CT molecular complexity index is 286. The molecule has 0 amide bonds. The van der Waals surface area contributed by atoms with Gasteiger partial charge in [0.1, 0.15) is 0 Å². The molecule has 1 rings (SSSR count). The second-order valence-electron chi connectivity index (χ2n) is 2.79. The first-order chi connectivity index (χ1) is 5.66. The van der Waals surface area contributed by atoms with E-state index in [0.29, 0.717) is 6.61 Å². The highest BCUT2D eigenvalue weighted by molar-refractivity contribution is 9.10. The van der Waals surface area contributed by atoms with Crippen LogP contribution in [0.25, 0.3) is 0 Å². The summed E-state index contributed by atoms with van der Waals surface area (Å²) in [6.45, 7) is 4.57. The zero-order valence-electron chi connectivity index (χ0n) is 7.23. The van der Waals surface area contributed by atoms with Gasteiger partial charge >= 0.3 is 0 Å². The van der Waals surface area contributed by atoms with Crippen molar-refractivity contribution in [3.63, 3.8) is 0 Å². The highest BCUT2D eigenvalue weighted by Gasteiger charge is 2.03. The summed E-state index contributed by atoms with van der Waals surface area (Å²) < 4.78 is 1.14. The Hall–Kier alpha value is -0.380. The summed E-state index contributed by atoms with van der Waals surface area (Å²) in [5.41, 5.74) is 3.55. The lowest BCUT2D eigenvalue weighted by atomic mass is 10.1. The number of benzene rings is 1. The summed E-state index contributed by atoms with van der Waals surface area (Å²) >= 11 is 3.50. The van der Waals surface area contributed by atoms with Gasteiger partial charge in [0.25, 0.3) is 0 Å². The molecule has 0 bridgehead atoms. The first-order valence-corrected chi connectivity index (χ1v) is 4.52. The third-order valence-electron chi connectivity index (χ3n) is 1.93. The minimum Gasteiger partial charge on any atom is -0.300 e. The van der Waals surface area contributed by atoms with Crippen molar-refractivity contribution in [2.45, 2.75) is 20.5 Å². The normalized spacial score (nSPS) is 10.3. The summed E-state index contributed by atoms with van der Waals surface area (Å²) in [4.78, 5) is 4.58. The summed E-state index contributed by atoms with van der Waals surface area (Å²) in [7, 11) is 0. The van der Waals surface area contributed by atoms with E-state index in [1.165, 1.54) is 11.1 Å². The van der Waals surface area contributed by atoms with Crippen molar-refractivity contribution in [1.29, 1.82) is 0 Å². The highest BCUT2D eigenvalue weighted by Crippen LogP contribution is 2.23. The molecule has 0 unspecified atom stereocenters. The predicted molar refractivity (Wildman–Crippen MR) is 52.6 cm³/mol. The molecule has 0 spiro atoms. The van der Waals surface area contributed by atoms with Gasteiger partial charge in [-0.05, 0) is 30.5 Å². The van der Waals surface area contributed by atoms with E-state index >= 15 is 0 Å². The van der Waals surface area contributed by atoms with Crippen molar-refractivity contribution >= 4 is 15.9 Å². The van der Waals surface area contributed by atoms with Crippen LogP contribution in [0.3, 0.4) is 0 Å². The van der Waals surface area contributed by atoms with E-state index in [1.807, 2.05) is 19.1 Å². The van der Waals surface area contributed by atoms with E-state index in [2.05, 4.69) is 27.7 Å². The Labute approximate surface area is 80.8 Å². The topological polar surface area (TPSA) is 35.2 Å². The van der Waals surface area contributed by atoms with Crippen LogP contribution in [0.4, 0.5) is 0 Å². The van der Waals surface area contributed by atoms with E-state index in [0.717, 1.165) is 10.0 Å². The van der Waals surface area contributed by atoms with E-state index in [4.69, 9.17) is 5.90 Å². The lowest BCUT2D eigenvalue weighted by Crippen LogP contribution is -2.01. The van der Waals surface area contributed by atoms with E-state index < -0.39 is 0 Å². The van der Waals surface area contributed by atoms with E-state index in [9.17, 15) is 0 Å². The second-order valence-corrected chi connectivity index (χ2v) is 3.58. The fourth-order valence-corrected chi connectivity index (χ4v) is 1.49. The quantitative estimate of drug-likeness (QED) is 0.792. The van der Waals surface area contributed by atoms with Gasteiger partial charge in [0, 0.05) is 4.47 Å².